The molecule has 12 N–H and O–H groups in total. The van der Waals surface area contributed by atoms with Crippen molar-refractivity contribution in [1.29, 1.82) is 0 Å². The van der Waals surface area contributed by atoms with Gasteiger partial charge in [-0.3, -0.25) is 4.79 Å². The molecular formula is C42H34O21. The second kappa shape index (κ2) is 16.6. The molecule has 0 unspecified atom stereocenters. The van der Waals surface area contributed by atoms with Gasteiger partial charge < -0.3 is 85.0 Å². The highest BCUT2D eigenvalue weighted by atomic mass is 16.7. The number of phenolic OH excluding ortho intramolecular Hbond substituents is 11. The maximum Gasteiger partial charge on any atom is 0.339 e. The molecule has 21 heteroatoms. The summed E-state index contributed by atoms with van der Waals surface area (Å²) in [5, 5.41) is 127. The molecule has 0 amide bonds. The lowest BCUT2D eigenvalue weighted by molar-refractivity contribution is -0.276. The van der Waals surface area contributed by atoms with Crippen LogP contribution < -0.4 is 4.74 Å². The van der Waals surface area contributed by atoms with Crippen LogP contribution in [0.3, 0.4) is 0 Å². The first-order valence-corrected chi connectivity index (χ1v) is 18.4. The van der Waals surface area contributed by atoms with Gasteiger partial charge in [-0.2, -0.15) is 0 Å². The normalized spacial score (nSPS) is 19.5. The van der Waals surface area contributed by atoms with Gasteiger partial charge in [0.2, 0.25) is 17.8 Å². The SMILES string of the molecule is O=C(O[C@@H]1[C@H](O)[C@@H](Oc2cc(O)c(C(=O)CCc3ccccc3)c(O)c2)O[C@@H]2COC(=O)c3cc(O)c(O)c(O)c3-c3c(cc(O)c(O)c3O)C(=O)O[C@H]12)c1cc(O)c(O)c(O)c1. The lowest BCUT2D eigenvalue weighted by atomic mass is 9.92. The van der Waals surface area contributed by atoms with Gasteiger partial charge in [0.1, 0.15) is 35.5 Å². The van der Waals surface area contributed by atoms with E-state index in [1.807, 2.05) is 0 Å². The largest absolute Gasteiger partial charge is 0.507 e. The fourth-order valence-electron chi connectivity index (χ4n) is 6.96. The van der Waals surface area contributed by atoms with Gasteiger partial charge in [-0.25, -0.2) is 14.4 Å². The quantitative estimate of drug-likeness (QED) is 0.0461. The Balaban J connectivity index is 1.29. The molecule has 1 fully saturated rings. The van der Waals surface area contributed by atoms with Crippen LogP contribution in [-0.4, -0.2) is 122 Å². The molecule has 0 radical (unpaired) electrons. The van der Waals surface area contributed by atoms with Crippen LogP contribution in [0.5, 0.6) is 69.0 Å². The zero-order valence-corrected chi connectivity index (χ0v) is 31.9. The highest BCUT2D eigenvalue weighted by molar-refractivity contribution is 6.08. The van der Waals surface area contributed by atoms with E-state index in [9.17, 15) is 80.5 Å². The van der Waals surface area contributed by atoms with Crippen LogP contribution in [0.15, 0.2) is 66.7 Å². The summed E-state index contributed by atoms with van der Waals surface area (Å²) in [6.07, 6.45) is -10.5. The Bertz CT molecular complexity index is 2630. The molecule has 2 aliphatic heterocycles. The van der Waals surface area contributed by atoms with Crippen LogP contribution in [0.2, 0.25) is 0 Å². The lowest BCUT2D eigenvalue weighted by Gasteiger charge is -2.43. The molecule has 0 saturated carbocycles. The first-order valence-electron chi connectivity index (χ1n) is 18.4. The molecule has 0 spiro atoms. The highest BCUT2D eigenvalue weighted by Crippen LogP contribution is 2.53. The minimum Gasteiger partial charge on any atom is -0.507 e. The predicted molar refractivity (Wildman–Crippen MR) is 206 cm³/mol. The van der Waals surface area contributed by atoms with Gasteiger partial charge in [-0.05, 0) is 36.2 Å². The van der Waals surface area contributed by atoms with Crippen molar-refractivity contribution >= 4 is 23.7 Å². The van der Waals surface area contributed by atoms with Crippen molar-refractivity contribution in [2.24, 2.45) is 0 Å². The van der Waals surface area contributed by atoms with E-state index in [-0.39, 0.29) is 12.8 Å². The number of carbonyl (C=O) groups excluding carboxylic acids is 4. The van der Waals surface area contributed by atoms with Gasteiger partial charge >= 0.3 is 17.9 Å². The molecular weight excluding hydrogens is 840 g/mol. The molecule has 5 atom stereocenters. The van der Waals surface area contributed by atoms with E-state index >= 15 is 0 Å². The van der Waals surface area contributed by atoms with Crippen LogP contribution in [-0.2, 0) is 25.4 Å². The molecule has 0 bridgehead atoms. The number of carbonyl (C=O) groups is 4. The van der Waals surface area contributed by atoms with Gasteiger partial charge in [0.05, 0.1) is 16.7 Å². The summed E-state index contributed by atoms with van der Waals surface area (Å²) >= 11 is 0. The van der Waals surface area contributed by atoms with Crippen molar-refractivity contribution < 1.29 is 104 Å². The fraction of sp³-hybridized carbons (Fsp3) is 0.190. The van der Waals surface area contributed by atoms with Gasteiger partial charge in [-0.15, -0.1) is 0 Å². The number of aliphatic hydroxyl groups excluding tert-OH is 1. The monoisotopic (exact) mass is 874 g/mol. The van der Waals surface area contributed by atoms with Crippen molar-refractivity contribution in [2.45, 2.75) is 43.5 Å². The topological polar surface area (TPSA) is 357 Å². The van der Waals surface area contributed by atoms with Crippen molar-refractivity contribution in [2.75, 3.05) is 6.61 Å². The number of rotatable bonds is 8. The maximum absolute atomic E-state index is 14.1. The third-order valence-electron chi connectivity index (χ3n) is 10.1. The van der Waals surface area contributed by atoms with E-state index in [1.165, 1.54) is 0 Å². The number of aliphatic hydroxyl groups is 1. The second-order valence-electron chi connectivity index (χ2n) is 14.1. The summed E-state index contributed by atoms with van der Waals surface area (Å²) in [6, 6.07) is 13.0. The molecule has 7 rings (SSSR count). The number of ether oxygens (including phenoxy) is 5. The maximum atomic E-state index is 14.1. The Labute approximate surface area is 352 Å². The number of benzene rings is 5. The predicted octanol–water partition coefficient (Wildman–Crippen LogP) is 3.02. The number of Topliss-reactive ketones (excluding diaryl/α,β-unsaturated/α-hetero) is 1. The number of phenols is 11. The van der Waals surface area contributed by atoms with Gasteiger partial charge in [0.15, 0.2) is 64.3 Å². The molecule has 328 valence electrons. The Kier molecular flexibility index (Phi) is 11.3. The Hall–Kier alpha value is -8.30. The zero-order chi connectivity index (χ0) is 45.6. The summed E-state index contributed by atoms with van der Waals surface area (Å²) in [7, 11) is 0. The Morgan fingerprint density at radius 1 is 0.651 bits per heavy atom. The second-order valence-corrected chi connectivity index (χ2v) is 14.1. The third kappa shape index (κ3) is 8.03. The van der Waals surface area contributed by atoms with Crippen LogP contribution in [0.25, 0.3) is 11.1 Å². The number of aryl methyl sites for hydroxylation is 1. The molecule has 2 heterocycles. The average Bonchev–Trinajstić information content (AvgIpc) is 3.25. The fourth-order valence-corrected chi connectivity index (χ4v) is 6.96. The van der Waals surface area contributed by atoms with E-state index in [2.05, 4.69) is 0 Å². The average molecular weight is 875 g/mol. The minimum atomic E-state index is -2.30. The van der Waals surface area contributed by atoms with Crippen molar-refractivity contribution in [3.05, 3.63) is 94.5 Å². The van der Waals surface area contributed by atoms with Crippen LogP contribution in [0, 0.1) is 0 Å². The number of ketones is 1. The van der Waals surface area contributed by atoms with Crippen molar-refractivity contribution in [3.63, 3.8) is 0 Å². The van der Waals surface area contributed by atoms with E-state index in [4.69, 9.17) is 23.7 Å². The number of fused-ring (bicyclic) bond motifs is 4. The van der Waals surface area contributed by atoms with Crippen LogP contribution in [0.1, 0.15) is 53.4 Å². The standard InChI is InChI=1S/C42H34O21/c43-20(7-6-15-4-2-1-3-5-15)30-21(44)10-17(11-22(30)45)60-42-36(55)38(63-39(56)16-8-23(46)31(50)24(47)9-16)37-27(61-42)14-59-40(57)18-12-25(48)32(51)34(53)28(18)29-19(41(58)62-37)13-26(49)33(52)35(29)54/h1-5,8-13,27,36-38,42,44-55H,6-7,14H2/t27-,36+,37+,38-,42+/m1/s1. The minimum absolute atomic E-state index is 0.129. The third-order valence-corrected chi connectivity index (χ3v) is 10.1. The van der Waals surface area contributed by atoms with E-state index in [0.717, 1.165) is 17.7 Å². The smallest absolute Gasteiger partial charge is 0.339 e. The van der Waals surface area contributed by atoms with Gasteiger partial charge in [0.25, 0.3) is 0 Å². The van der Waals surface area contributed by atoms with Crippen LogP contribution in [0.4, 0.5) is 0 Å². The first-order chi connectivity index (χ1) is 29.9. The number of cyclic esters (lactones) is 1. The van der Waals surface area contributed by atoms with E-state index in [0.29, 0.717) is 24.3 Å². The molecule has 5 aromatic rings. The number of esters is 3. The number of hydrogen-bond donors (Lipinski definition) is 12. The summed E-state index contributed by atoms with van der Waals surface area (Å²) in [5.41, 5.74) is -4.07. The summed E-state index contributed by atoms with van der Waals surface area (Å²) in [6.45, 7) is -1.05. The molecule has 0 aromatic heterocycles. The molecule has 2 aliphatic rings. The lowest BCUT2D eigenvalue weighted by Crippen LogP contribution is -2.62. The Morgan fingerprint density at radius 2 is 1.19 bits per heavy atom. The molecule has 5 aromatic carbocycles. The van der Waals surface area contributed by atoms with Gasteiger partial charge in [-0.1, -0.05) is 30.3 Å². The Morgan fingerprint density at radius 3 is 1.76 bits per heavy atom. The molecule has 0 aliphatic carbocycles. The highest BCUT2D eigenvalue weighted by Gasteiger charge is 2.52. The molecule has 63 heavy (non-hydrogen) atoms. The molecule has 1 saturated heterocycles. The summed E-state index contributed by atoms with van der Waals surface area (Å²) < 4.78 is 28.1. The zero-order valence-electron chi connectivity index (χ0n) is 31.9. The van der Waals surface area contributed by atoms with Gasteiger partial charge in [0, 0.05) is 29.7 Å². The first kappa shape index (κ1) is 42.8. The number of hydrogen-bond acceptors (Lipinski definition) is 21. The van der Waals surface area contributed by atoms with Crippen molar-refractivity contribution in [1.82, 2.24) is 0 Å². The van der Waals surface area contributed by atoms with E-state index < -0.39 is 163 Å². The van der Waals surface area contributed by atoms with Crippen molar-refractivity contribution in [3.8, 4) is 80.1 Å². The molecule has 21 nitrogen and oxygen atoms in total. The van der Waals surface area contributed by atoms with E-state index in [1.54, 1.807) is 30.3 Å². The summed E-state index contributed by atoms with van der Waals surface area (Å²) in [5.74, 6) is -17.9. The van der Waals surface area contributed by atoms with Crippen LogP contribution >= 0.6 is 0 Å². The number of aromatic hydroxyl groups is 11. The summed E-state index contributed by atoms with van der Waals surface area (Å²) in [4.78, 5) is 54.5.